The molecule has 0 radical (unpaired) electrons. The summed E-state index contributed by atoms with van der Waals surface area (Å²) in [7, 11) is -10.7. The van der Waals surface area contributed by atoms with E-state index in [4.69, 9.17) is 14.0 Å². The predicted molar refractivity (Wildman–Crippen MR) is 139 cm³/mol. The van der Waals surface area contributed by atoms with E-state index in [-0.39, 0.29) is 22.5 Å². The number of phosphoric ester groups is 2. The zero-order valence-corrected chi connectivity index (χ0v) is 24.3. The highest BCUT2D eigenvalue weighted by atomic mass is 31.3. The standard InChI is InChI=1S/C22H27N5O15P2/c1-10(28)11-3-2-4-26(5-11)21-17(31)15(29)12(40-21)6-38-43(34,35)42-44(36,37)39-7-13-16(30)18(32)22(41-13)27-9-25-14-19(27)23-8-24-20(14)33/h2-5,8-9,12-13,15-18,21-22,29-32H,6-7H2,1H3,(H2-,23,24,33,34,35,36,37)/p+1. The minimum absolute atomic E-state index is 0.0134. The highest BCUT2D eigenvalue weighted by molar-refractivity contribution is 7.61. The number of rotatable bonds is 11. The fraction of sp³-hybridized carbons (Fsp3) is 0.500. The first kappa shape index (κ1) is 32.6. The number of aliphatic hydroxyl groups excluding tert-OH is 4. The highest BCUT2D eigenvalue weighted by Gasteiger charge is 2.50. The Morgan fingerprint density at radius 1 is 1.02 bits per heavy atom. The van der Waals surface area contributed by atoms with Crippen molar-refractivity contribution >= 4 is 32.6 Å². The lowest BCUT2D eigenvalue weighted by atomic mass is 10.1. The van der Waals surface area contributed by atoms with E-state index in [0.717, 1.165) is 17.2 Å². The number of nitrogens with one attached hydrogen (secondary N) is 1. The number of ketones is 1. The van der Waals surface area contributed by atoms with Crippen LogP contribution in [0, 0.1) is 0 Å². The van der Waals surface area contributed by atoms with Gasteiger partial charge in [-0.3, -0.25) is 23.2 Å². The first-order valence-corrected chi connectivity index (χ1v) is 15.8. The van der Waals surface area contributed by atoms with Gasteiger partial charge >= 0.3 is 15.6 Å². The Hall–Kier alpha value is -2.81. The molecule has 10 unspecified atom stereocenters. The van der Waals surface area contributed by atoms with Crippen LogP contribution in [0.2, 0.25) is 0 Å². The number of nitrogens with zero attached hydrogens (tertiary/aromatic N) is 4. The van der Waals surface area contributed by atoms with Crippen molar-refractivity contribution in [1.82, 2.24) is 19.5 Å². The Kier molecular flexibility index (Phi) is 9.28. The molecule has 0 amide bonds. The molecule has 22 heteroatoms. The summed E-state index contributed by atoms with van der Waals surface area (Å²) in [6, 6.07) is 3.03. The van der Waals surface area contributed by atoms with E-state index in [1.165, 1.54) is 36.0 Å². The highest BCUT2D eigenvalue weighted by Crippen LogP contribution is 2.60. The minimum atomic E-state index is -5.38. The van der Waals surface area contributed by atoms with Crippen LogP contribution in [0.1, 0.15) is 29.7 Å². The van der Waals surface area contributed by atoms with E-state index in [2.05, 4.69) is 23.8 Å². The van der Waals surface area contributed by atoms with E-state index in [1.54, 1.807) is 0 Å². The molecule has 20 nitrogen and oxygen atoms in total. The fourth-order valence-corrected chi connectivity index (χ4v) is 6.72. The van der Waals surface area contributed by atoms with Crippen LogP contribution in [-0.4, -0.2) is 105 Å². The Morgan fingerprint density at radius 2 is 1.66 bits per heavy atom. The van der Waals surface area contributed by atoms with Gasteiger partial charge in [-0.2, -0.15) is 8.88 Å². The smallest absolute Gasteiger partial charge is 0.387 e. The van der Waals surface area contributed by atoms with Gasteiger partial charge in [0.15, 0.2) is 41.7 Å². The lowest BCUT2D eigenvalue weighted by Gasteiger charge is -2.20. The molecule has 3 aromatic heterocycles. The molecule has 5 heterocycles. The number of carbonyl (C=O) groups excluding carboxylic acids is 1. The number of aliphatic hydroxyl groups is 4. The molecule has 0 aliphatic carbocycles. The maximum Gasteiger partial charge on any atom is 0.481 e. The van der Waals surface area contributed by atoms with Crippen LogP contribution in [0.4, 0.5) is 0 Å². The van der Waals surface area contributed by atoms with Gasteiger partial charge in [-0.15, -0.1) is 0 Å². The summed E-state index contributed by atoms with van der Waals surface area (Å²) in [6.45, 7) is -0.477. The quantitative estimate of drug-likeness (QED) is 0.0650. The molecule has 2 aliphatic rings. The van der Waals surface area contributed by atoms with Gasteiger partial charge in [0.1, 0.15) is 30.5 Å². The number of aromatic nitrogens is 5. The van der Waals surface area contributed by atoms with E-state index >= 15 is 0 Å². The van der Waals surface area contributed by atoms with Gasteiger partial charge in [-0.1, -0.05) is 0 Å². The van der Waals surface area contributed by atoms with Crippen LogP contribution in [0.5, 0.6) is 0 Å². The van der Waals surface area contributed by atoms with Crippen LogP contribution in [0.15, 0.2) is 42.0 Å². The maximum absolute atomic E-state index is 12.4. The average molecular weight is 664 g/mol. The summed E-state index contributed by atoms with van der Waals surface area (Å²) >= 11 is 0. The number of hydrogen-bond acceptors (Lipinski definition) is 15. The van der Waals surface area contributed by atoms with Gasteiger partial charge in [0.25, 0.3) is 11.8 Å². The molecule has 240 valence electrons. The lowest BCUT2D eigenvalue weighted by Crippen LogP contribution is -2.46. The molecule has 0 bridgehead atoms. The maximum atomic E-state index is 12.4. The van der Waals surface area contributed by atoms with Gasteiger partial charge in [0.2, 0.25) is 0 Å². The van der Waals surface area contributed by atoms with Crippen LogP contribution in [0.3, 0.4) is 0 Å². The van der Waals surface area contributed by atoms with Gasteiger partial charge in [0.05, 0.1) is 31.4 Å². The SMILES string of the molecule is CC(=O)c1ccc[n+](C2OC(COP(=O)(O)OP(=O)(O)OCC3OC(n4cnc5c(=O)[nH]cnc54)C(O)C3O)C(O)C2O)c1. The summed E-state index contributed by atoms with van der Waals surface area (Å²) < 4.78 is 52.0. The number of ether oxygens (including phenoxy) is 2. The third-order valence-corrected chi connectivity index (χ3v) is 9.45. The number of imidazole rings is 1. The third-order valence-electron chi connectivity index (χ3n) is 6.85. The number of pyridine rings is 1. The molecular weight excluding hydrogens is 636 g/mol. The Labute approximate surface area is 246 Å². The summed E-state index contributed by atoms with van der Waals surface area (Å²) in [6.07, 6.45) is -6.88. The van der Waals surface area contributed by atoms with Crippen molar-refractivity contribution in [1.29, 1.82) is 0 Å². The Morgan fingerprint density at radius 3 is 2.32 bits per heavy atom. The Bertz CT molecular complexity index is 1680. The molecule has 0 saturated carbocycles. The Balaban J connectivity index is 1.16. The lowest BCUT2D eigenvalue weighted by molar-refractivity contribution is -0.765. The summed E-state index contributed by atoms with van der Waals surface area (Å²) in [5, 5.41) is 41.6. The van der Waals surface area contributed by atoms with Crippen LogP contribution in [-0.2, 0) is 32.0 Å². The van der Waals surface area contributed by atoms with Gasteiger partial charge in [0, 0.05) is 6.07 Å². The molecule has 2 fully saturated rings. The third kappa shape index (κ3) is 6.73. The molecule has 10 atom stereocenters. The number of Topliss-reactive ketones (excluding diaryl/α,β-unsaturated/α-hetero) is 1. The van der Waals surface area contributed by atoms with Gasteiger partial charge in [-0.05, 0) is 13.0 Å². The van der Waals surface area contributed by atoms with Crippen LogP contribution >= 0.6 is 15.6 Å². The van der Waals surface area contributed by atoms with Crippen molar-refractivity contribution in [2.75, 3.05) is 13.2 Å². The van der Waals surface area contributed by atoms with Crippen LogP contribution in [0.25, 0.3) is 11.2 Å². The van der Waals surface area contributed by atoms with Crippen molar-refractivity contribution in [3.63, 3.8) is 0 Å². The second-order valence-electron chi connectivity index (χ2n) is 9.85. The molecule has 7 N–H and O–H groups in total. The zero-order valence-electron chi connectivity index (χ0n) is 22.5. The van der Waals surface area contributed by atoms with Crippen molar-refractivity contribution in [3.05, 3.63) is 53.1 Å². The van der Waals surface area contributed by atoms with E-state index in [0.29, 0.717) is 0 Å². The largest absolute Gasteiger partial charge is 0.481 e. The monoisotopic (exact) mass is 664 g/mol. The van der Waals surface area contributed by atoms with Gasteiger partial charge < -0.3 is 44.7 Å². The molecule has 2 aliphatic heterocycles. The second-order valence-corrected chi connectivity index (χ2v) is 12.9. The molecule has 0 spiro atoms. The molecule has 0 aromatic carbocycles. The van der Waals surface area contributed by atoms with Gasteiger partial charge in [-0.25, -0.2) is 19.1 Å². The van der Waals surface area contributed by atoms with Crippen molar-refractivity contribution in [2.24, 2.45) is 0 Å². The van der Waals surface area contributed by atoms with Crippen LogP contribution < -0.4 is 10.1 Å². The first-order valence-electron chi connectivity index (χ1n) is 12.8. The molecular formula is C22H28N5O15P2+. The van der Waals surface area contributed by atoms with Crippen molar-refractivity contribution < 1.29 is 71.5 Å². The molecule has 44 heavy (non-hydrogen) atoms. The topological polar surface area (TPSA) is 286 Å². The second kappa shape index (κ2) is 12.5. The molecule has 3 aromatic rings. The predicted octanol–water partition coefficient (Wildman–Crippen LogP) is -2.20. The number of phosphoric acid groups is 2. The van der Waals surface area contributed by atoms with E-state index < -0.39 is 83.5 Å². The summed E-state index contributed by atoms with van der Waals surface area (Å²) in [5.74, 6) is -0.270. The van der Waals surface area contributed by atoms with E-state index in [9.17, 15) is 48.9 Å². The molecule has 5 rings (SSSR count). The summed E-state index contributed by atoms with van der Waals surface area (Å²) in [4.78, 5) is 53.7. The normalized spacial score (nSPS) is 31.6. The summed E-state index contributed by atoms with van der Waals surface area (Å²) in [5.41, 5.74) is -0.349. The zero-order chi connectivity index (χ0) is 32.0. The number of H-pyrrole nitrogens is 1. The number of fused-ring (bicyclic) bond motifs is 1. The van der Waals surface area contributed by atoms with E-state index in [1.807, 2.05) is 0 Å². The number of aromatic amines is 1. The van der Waals surface area contributed by atoms with Crippen molar-refractivity contribution in [3.8, 4) is 0 Å². The number of hydrogen-bond donors (Lipinski definition) is 7. The minimum Gasteiger partial charge on any atom is -0.387 e. The first-order chi connectivity index (χ1) is 20.7. The average Bonchev–Trinajstić information content (AvgIpc) is 3.61. The van der Waals surface area contributed by atoms with Crippen molar-refractivity contribution in [2.45, 2.75) is 56.0 Å². The fourth-order valence-electron chi connectivity index (χ4n) is 4.63. The number of carbonyl (C=O) groups is 1. The molecule has 2 saturated heterocycles.